The molecule has 9 nitrogen and oxygen atoms in total. The first kappa shape index (κ1) is 23.5. The van der Waals surface area contributed by atoms with Gasteiger partial charge in [0.2, 0.25) is 11.3 Å². The second-order valence-electron chi connectivity index (χ2n) is 7.56. The summed E-state index contributed by atoms with van der Waals surface area (Å²) >= 11 is 0. The third-order valence-electron chi connectivity index (χ3n) is 5.47. The lowest BCUT2D eigenvalue weighted by atomic mass is 10.0. The number of hydrogen-bond donors (Lipinski definition) is 1. The Balaban J connectivity index is 1.77. The van der Waals surface area contributed by atoms with Crippen molar-refractivity contribution in [2.75, 3.05) is 26.6 Å². The molecule has 0 saturated heterocycles. The van der Waals surface area contributed by atoms with Gasteiger partial charge in [0.25, 0.3) is 0 Å². The zero-order chi connectivity index (χ0) is 24.9. The highest BCUT2D eigenvalue weighted by Gasteiger charge is 2.19. The zero-order valence-electron chi connectivity index (χ0n) is 19.4. The maximum absolute atomic E-state index is 13.2. The summed E-state index contributed by atoms with van der Waals surface area (Å²) in [5.41, 5.74) is 0.708. The average molecular weight is 473 g/mol. The normalized spacial score (nSPS) is 10.6. The maximum Gasteiger partial charge on any atom is 0.244 e. The van der Waals surface area contributed by atoms with Crippen LogP contribution in [-0.4, -0.2) is 42.6 Å². The molecular weight excluding hydrogens is 450 g/mol. The van der Waals surface area contributed by atoms with E-state index in [1.165, 1.54) is 52.1 Å². The van der Waals surface area contributed by atoms with E-state index in [0.717, 1.165) is 0 Å². The summed E-state index contributed by atoms with van der Waals surface area (Å²) in [6.45, 7) is -0.180. The number of benzene rings is 2. The van der Waals surface area contributed by atoms with E-state index in [9.17, 15) is 14.4 Å². The monoisotopic (exact) mass is 473 g/mol. The number of methoxy groups -OCH3 is 3. The number of hydrogen-bond acceptors (Lipinski definition) is 7. The van der Waals surface area contributed by atoms with Crippen LogP contribution in [-0.2, 0) is 11.3 Å². The van der Waals surface area contributed by atoms with Crippen molar-refractivity contribution in [2.45, 2.75) is 6.54 Å². The van der Waals surface area contributed by atoms with Crippen LogP contribution in [0, 0.1) is 0 Å². The number of pyridine rings is 2. The molecule has 9 heteroatoms. The summed E-state index contributed by atoms with van der Waals surface area (Å²) in [5, 5.41) is 3.09. The molecule has 2 aromatic heterocycles. The SMILES string of the molecule is COc1ccc(OC)c(NC(=O)Cn2cc(C(=O)c3ccncc3)c(=O)c3ccc(OC)cc32)c1. The molecule has 35 heavy (non-hydrogen) atoms. The van der Waals surface area contributed by atoms with Crippen molar-refractivity contribution in [3.05, 3.63) is 88.5 Å². The number of carbonyl (C=O) groups excluding carboxylic acids is 2. The number of nitrogens with zero attached hydrogens (tertiary/aromatic N) is 2. The van der Waals surface area contributed by atoms with E-state index >= 15 is 0 Å². The Morgan fingerprint density at radius 2 is 1.60 bits per heavy atom. The molecule has 0 radical (unpaired) electrons. The topological polar surface area (TPSA) is 109 Å². The molecule has 2 heterocycles. The molecule has 0 saturated carbocycles. The standard InChI is InChI=1S/C26H23N3O6/c1-33-17-5-7-23(35-3)21(12-17)28-24(30)15-29-14-20(25(31)16-8-10-27-11-9-16)26(32)19-6-4-18(34-2)13-22(19)29/h4-14H,15H2,1-3H3,(H,28,30). The molecular formula is C26H23N3O6. The Kier molecular flexibility index (Phi) is 6.77. The highest BCUT2D eigenvalue weighted by Crippen LogP contribution is 2.29. The van der Waals surface area contributed by atoms with Crippen LogP contribution >= 0.6 is 0 Å². The van der Waals surface area contributed by atoms with Gasteiger partial charge in [-0.05, 0) is 36.4 Å². The van der Waals surface area contributed by atoms with Crippen molar-refractivity contribution >= 4 is 28.3 Å². The largest absolute Gasteiger partial charge is 0.497 e. The maximum atomic E-state index is 13.2. The molecule has 4 rings (SSSR count). The third kappa shape index (κ3) is 4.84. The molecule has 0 atom stereocenters. The molecule has 178 valence electrons. The predicted octanol–water partition coefficient (Wildman–Crippen LogP) is 3.29. The zero-order valence-corrected chi connectivity index (χ0v) is 19.4. The number of anilines is 1. The van der Waals surface area contributed by atoms with Gasteiger partial charge in [-0.25, -0.2) is 0 Å². The van der Waals surface area contributed by atoms with Crippen molar-refractivity contribution in [1.82, 2.24) is 9.55 Å². The molecule has 0 spiro atoms. The van der Waals surface area contributed by atoms with Crippen LogP contribution < -0.4 is 25.0 Å². The van der Waals surface area contributed by atoms with Crippen LogP contribution in [0.5, 0.6) is 17.2 Å². The van der Waals surface area contributed by atoms with Crippen molar-refractivity contribution in [3.8, 4) is 17.2 Å². The molecule has 0 fully saturated rings. The van der Waals surface area contributed by atoms with Crippen molar-refractivity contribution in [1.29, 1.82) is 0 Å². The number of nitrogens with one attached hydrogen (secondary N) is 1. The molecule has 0 aliphatic rings. The molecule has 1 N–H and O–H groups in total. The molecule has 1 amide bonds. The summed E-state index contributed by atoms with van der Waals surface area (Å²) in [7, 11) is 4.53. The number of fused-ring (bicyclic) bond motifs is 1. The van der Waals surface area contributed by atoms with Gasteiger partial charge in [-0.1, -0.05) is 0 Å². The summed E-state index contributed by atoms with van der Waals surface area (Å²) in [4.78, 5) is 43.3. The van der Waals surface area contributed by atoms with E-state index in [2.05, 4.69) is 10.3 Å². The summed E-state index contributed by atoms with van der Waals surface area (Å²) < 4.78 is 17.4. The van der Waals surface area contributed by atoms with Gasteiger partial charge in [0.1, 0.15) is 23.8 Å². The van der Waals surface area contributed by atoms with E-state index in [1.54, 1.807) is 41.0 Å². The van der Waals surface area contributed by atoms with Crippen molar-refractivity contribution < 1.29 is 23.8 Å². The average Bonchev–Trinajstić information content (AvgIpc) is 2.90. The molecule has 4 aromatic rings. The van der Waals surface area contributed by atoms with Crippen LogP contribution in [0.1, 0.15) is 15.9 Å². The van der Waals surface area contributed by atoms with Gasteiger partial charge in [-0.2, -0.15) is 0 Å². The lowest BCUT2D eigenvalue weighted by Crippen LogP contribution is -2.24. The minimum Gasteiger partial charge on any atom is -0.497 e. The van der Waals surface area contributed by atoms with Gasteiger partial charge >= 0.3 is 0 Å². The van der Waals surface area contributed by atoms with Crippen LogP contribution in [0.3, 0.4) is 0 Å². The number of amides is 1. The lowest BCUT2D eigenvalue weighted by Gasteiger charge is -2.15. The Hall–Kier alpha value is -4.66. The number of ketones is 1. The highest BCUT2D eigenvalue weighted by molar-refractivity contribution is 6.10. The van der Waals surface area contributed by atoms with Crippen molar-refractivity contribution in [3.63, 3.8) is 0 Å². The number of aromatic nitrogens is 2. The smallest absolute Gasteiger partial charge is 0.244 e. The lowest BCUT2D eigenvalue weighted by molar-refractivity contribution is -0.116. The summed E-state index contributed by atoms with van der Waals surface area (Å²) in [6.07, 6.45) is 4.36. The molecule has 2 aromatic carbocycles. The van der Waals surface area contributed by atoms with Crippen molar-refractivity contribution in [2.24, 2.45) is 0 Å². The van der Waals surface area contributed by atoms with Crippen LogP contribution in [0.4, 0.5) is 5.69 Å². The van der Waals surface area contributed by atoms with E-state index in [-0.39, 0.29) is 17.5 Å². The van der Waals surface area contributed by atoms with E-state index < -0.39 is 17.1 Å². The Morgan fingerprint density at radius 3 is 2.29 bits per heavy atom. The Bertz CT molecular complexity index is 1460. The first-order valence-corrected chi connectivity index (χ1v) is 10.6. The summed E-state index contributed by atoms with van der Waals surface area (Å²) in [5.74, 6) is 0.656. The fraction of sp³-hybridized carbons (Fsp3) is 0.154. The Labute approximate surface area is 200 Å². The van der Waals surface area contributed by atoms with E-state index in [0.29, 0.717) is 34.0 Å². The fourth-order valence-corrected chi connectivity index (χ4v) is 3.70. The fourth-order valence-electron chi connectivity index (χ4n) is 3.70. The van der Waals surface area contributed by atoms with Gasteiger partial charge in [0.05, 0.1) is 38.1 Å². The first-order valence-electron chi connectivity index (χ1n) is 10.6. The van der Waals surface area contributed by atoms with Gasteiger partial charge in [0, 0.05) is 41.7 Å². The highest BCUT2D eigenvalue weighted by atomic mass is 16.5. The number of ether oxygens (including phenoxy) is 3. The molecule has 0 unspecified atom stereocenters. The van der Waals surface area contributed by atoms with Gasteiger partial charge in [-0.15, -0.1) is 0 Å². The summed E-state index contributed by atoms with van der Waals surface area (Å²) in [6, 6.07) is 13.0. The molecule has 0 aliphatic heterocycles. The first-order chi connectivity index (χ1) is 16.9. The molecule has 0 bridgehead atoms. The molecule has 0 aliphatic carbocycles. The second-order valence-corrected chi connectivity index (χ2v) is 7.56. The number of rotatable bonds is 8. The van der Waals surface area contributed by atoms with E-state index in [1.807, 2.05) is 0 Å². The third-order valence-corrected chi connectivity index (χ3v) is 5.47. The Morgan fingerprint density at radius 1 is 0.914 bits per heavy atom. The quantitative estimate of drug-likeness (QED) is 0.391. The van der Waals surface area contributed by atoms with Crippen LogP contribution in [0.2, 0.25) is 0 Å². The van der Waals surface area contributed by atoms with Crippen LogP contribution in [0.15, 0.2) is 71.9 Å². The van der Waals surface area contributed by atoms with Gasteiger partial charge in [-0.3, -0.25) is 19.4 Å². The van der Waals surface area contributed by atoms with Gasteiger partial charge < -0.3 is 24.1 Å². The van der Waals surface area contributed by atoms with E-state index in [4.69, 9.17) is 14.2 Å². The number of carbonyl (C=O) groups is 2. The second kappa shape index (κ2) is 10.1. The van der Waals surface area contributed by atoms with Gasteiger partial charge in [0.15, 0.2) is 5.78 Å². The predicted molar refractivity (Wildman–Crippen MR) is 131 cm³/mol. The minimum atomic E-state index is -0.459. The van der Waals surface area contributed by atoms with Crippen LogP contribution in [0.25, 0.3) is 10.9 Å². The minimum absolute atomic E-state index is 0.0550.